The molecule has 30 heavy (non-hydrogen) atoms. The standard InChI is InChI=1S/C23H25N3O2S2/c1-16(2)18-10-13-19(14-11-18)24-23(29)25-21-12-9-17(3)22(15-21)30(27,28)26-20-7-5-4-6-8-20/h4-16,26H,1-3H3,(H2,24,25,29). The van der Waals surface area contributed by atoms with Crippen molar-refractivity contribution >= 4 is 44.4 Å². The van der Waals surface area contributed by atoms with Gasteiger partial charge in [-0.05, 0) is 72.6 Å². The Bertz CT molecular complexity index is 1130. The quantitative estimate of drug-likeness (QED) is 0.428. The van der Waals surface area contributed by atoms with Crippen LogP contribution in [0.2, 0.25) is 0 Å². The number of nitrogens with one attached hydrogen (secondary N) is 3. The van der Waals surface area contributed by atoms with Crippen molar-refractivity contribution in [3.05, 3.63) is 83.9 Å². The molecule has 3 rings (SSSR count). The molecule has 7 heteroatoms. The highest BCUT2D eigenvalue weighted by atomic mass is 32.2. The predicted molar refractivity (Wildman–Crippen MR) is 129 cm³/mol. The zero-order valence-corrected chi connectivity index (χ0v) is 18.8. The Balaban J connectivity index is 1.73. The molecule has 0 aliphatic rings. The second-order valence-electron chi connectivity index (χ2n) is 7.31. The molecule has 0 fully saturated rings. The van der Waals surface area contributed by atoms with Crippen LogP contribution < -0.4 is 15.4 Å². The minimum Gasteiger partial charge on any atom is -0.332 e. The van der Waals surface area contributed by atoms with Gasteiger partial charge in [0.2, 0.25) is 0 Å². The lowest BCUT2D eigenvalue weighted by Gasteiger charge is -2.15. The lowest BCUT2D eigenvalue weighted by Crippen LogP contribution is -2.20. The van der Waals surface area contributed by atoms with Crippen LogP contribution in [-0.2, 0) is 10.0 Å². The van der Waals surface area contributed by atoms with Gasteiger partial charge in [0.1, 0.15) is 0 Å². The van der Waals surface area contributed by atoms with Crippen LogP contribution in [0.4, 0.5) is 17.1 Å². The predicted octanol–water partition coefficient (Wildman–Crippen LogP) is 5.73. The monoisotopic (exact) mass is 439 g/mol. The van der Waals surface area contributed by atoms with E-state index in [9.17, 15) is 8.42 Å². The molecule has 0 heterocycles. The molecule has 156 valence electrons. The number of hydrogen-bond acceptors (Lipinski definition) is 3. The van der Waals surface area contributed by atoms with Gasteiger partial charge < -0.3 is 10.6 Å². The molecule has 0 unspecified atom stereocenters. The van der Waals surface area contributed by atoms with Crippen LogP contribution in [0.25, 0.3) is 0 Å². The molecule has 0 saturated heterocycles. The Morgan fingerprint density at radius 1 is 0.833 bits per heavy atom. The Morgan fingerprint density at radius 2 is 1.43 bits per heavy atom. The topological polar surface area (TPSA) is 70.2 Å². The molecule has 0 spiro atoms. The molecule has 0 amide bonds. The van der Waals surface area contributed by atoms with E-state index in [1.54, 1.807) is 49.4 Å². The van der Waals surface area contributed by atoms with Gasteiger partial charge in [0.15, 0.2) is 5.11 Å². The van der Waals surface area contributed by atoms with Crippen molar-refractivity contribution in [2.24, 2.45) is 0 Å². The summed E-state index contributed by atoms with van der Waals surface area (Å²) < 4.78 is 28.3. The highest BCUT2D eigenvalue weighted by Gasteiger charge is 2.18. The van der Waals surface area contributed by atoms with Crippen LogP contribution in [0.1, 0.15) is 30.9 Å². The smallest absolute Gasteiger partial charge is 0.262 e. The van der Waals surface area contributed by atoms with Crippen molar-refractivity contribution < 1.29 is 8.42 Å². The Hall–Kier alpha value is -2.90. The van der Waals surface area contributed by atoms with Crippen molar-refractivity contribution in [3.63, 3.8) is 0 Å². The van der Waals surface area contributed by atoms with Crippen LogP contribution >= 0.6 is 12.2 Å². The van der Waals surface area contributed by atoms with E-state index < -0.39 is 10.0 Å². The first-order valence-electron chi connectivity index (χ1n) is 9.61. The molecule has 5 nitrogen and oxygen atoms in total. The molecule has 0 aromatic heterocycles. The number of aryl methyl sites for hydroxylation is 1. The van der Waals surface area contributed by atoms with Crippen LogP contribution in [0.3, 0.4) is 0 Å². The van der Waals surface area contributed by atoms with E-state index >= 15 is 0 Å². The fraction of sp³-hybridized carbons (Fsp3) is 0.174. The highest BCUT2D eigenvalue weighted by molar-refractivity contribution is 7.92. The second kappa shape index (κ2) is 9.28. The van der Waals surface area contributed by atoms with E-state index in [0.29, 0.717) is 28.0 Å². The van der Waals surface area contributed by atoms with Gasteiger partial charge in [-0.15, -0.1) is 0 Å². The number of anilines is 3. The normalized spacial score (nSPS) is 11.2. The van der Waals surface area contributed by atoms with Crippen LogP contribution in [-0.4, -0.2) is 13.5 Å². The van der Waals surface area contributed by atoms with Gasteiger partial charge in [-0.25, -0.2) is 8.42 Å². The summed E-state index contributed by atoms with van der Waals surface area (Å²) in [6, 6.07) is 22.0. The van der Waals surface area contributed by atoms with Gasteiger partial charge >= 0.3 is 0 Å². The number of rotatable bonds is 6. The average Bonchev–Trinajstić information content (AvgIpc) is 2.70. The highest BCUT2D eigenvalue weighted by Crippen LogP contribution is 2.23. The summed E-state index contributed by atoms with van der Waals surface area (Å²) in [5, 5.41) is 6.57. The maximum atomic E-state index is 12.9. The van der Waals surface area contributed by atoms with Crippen molar-refractivity contribution in [2.75, 3.05) is 15.4 Å². The fourth-order valence-electron chi connectivity index (χ4n) is 2.93. The van der Waals surface area contributed by atoms with E-state index in [1.807, 2.05) is 18.2 Å². The summed E-state index contributed by atoms with van der Waals surface area (Å²) in [5.41, 5.74) is 3.86. The van der Waals surface area contributed by atoms with Crippen molar-refractivity contribution in [1.82, 2.24) is 0 Å². The summed E-state index contributed by atoms with van der Waals surface area (Å²) in [6.45, 7) is 6.05. The summed E-state index contributed by atoms with van der Waals surface area (Å²) in [7, 11) is -3.73. The van der Waals surface area contributed by atoms with Crippen molar-refractivity contribution in [1.29, 1.82) is 0 Å². The summed E-state index contributed by atoms with van der Waals surface area (Å²) in [5.74, 6) is 0.460. The third-order valence-electron chi connectivity index (χ3n) is 4.60. The lowest BCUT2D eigenvalue weighted by atomic mass is 10.0. The SMILES string of the molecule is Cc1ccc(NC(=S)Nc2ccc(C(C)C)cc2)cc1S(=O)(=O)Nc1ccccc1. The Labute approximate surface area is 183 Å². The van der Waals surface area contributed by atoms with Gasteiger partial charge in [-0.1, -0.05) is 50.2 Å². The van der Waals surface area contributed by atoms with Gasteiger partial charge in [0.05, 0.1) is 4.90 Å². The third-order valence-corrected chi connectivity index (χ3v) is 6.32. The van der Waals surface area contributed by atoms with Crippen molar-refractivity contribution in [3.8, 4) is 0 Å². The van der Waals surface area contributed by atoms with Crippen LogP contribution in [0.15, 0.2) is 77.7 Å². The molecule has 0 atom stereocenters. The maximum absolute atomic E-state index is 12.9. The van der Waals surface area contributed by atoms with Crippen molar-refractivity contribution in [2.45, 2.75) is 31.6 Å². The molecule has 0 saturated carbocycles. The van der Waals surface area contributed by atoms with E-state index in [0.717, 1.165) is 5.69 Å². The summed E-state index contributed by atoms with van der Waals surface area (Å²) in [4.78, 5) is 0.195. The molecule has 0 aliphatic heterocycles. The van der Waals surface area contributed by atoms with Gasteiger partial charge in [0, 0.05) is 17.1 Å². The van der Waals surface area contributed by atoms with E-state index in [-0.39, 0.29) is 4.90 Å². The van der Waals surface area contributed by atoms with E-state index in [1.165, 1.54) is 5.56 Å². The first-order chi connectivity index (χ1) is 14.2. The molecule has 3 N–H and O–H groups in total. The van der Waals surface area contributed by atoms with E-state index in [4.69, 9.17) is 12.2 Å². The first kappa shape index (κ1) is 21.8. The number of benzene rings is 3. The Morgan fingerprint density at radius 3 is 2.07 bits per heavy atom. The number of hydrogen-bond donors (Lipinski definition) is 3. The molecular formula is C23H25N3O2S2. The zero-order valence-electron chi connectivity index (χ0n) is 17.1. The number of thiocarbonyl (C=S) groups is 1. The molecular weight excluding hydrogens is 414 g/mol. The van der Waals surface area contributed by atoms with Gasteiger partial charge in [-0.3, -0.25) is 4.72 Å². The minimum atomic E-state index is -3.73. The lowest BCUT2D eigenvalue weighted by molar-refractivity contribution is 0.600. The van der Waals surface area contributed by atoms with Gasteiger partial charge in [0.25, 0.3) is 10.0 Å². The summed E-state index contributed by atoms with van der Waals surface area (Å²) in [6.07, 6.45) is 0. The zero-order chi connectivity index (χ0) is 21.7. The molecule has 0 radical (unpaired) electrons. The third kappa shape index (κ3) is 5.58. The van der Waals surface area contributed by atoms with Crippen LogP contribution in [0, 0.1) is 6.92 Å². The largest absolute Gasteiger partial charge is 0.332 e. The average molecular weight is 440 g/mol. The second-order valence-corrected chi connectivity index (χ2v) is 9.37. The molecule has 0 bridgehead atoms. The summed E-state index contributed by atoms with van der Waals surface area (Å²) >= 11 is 5.39. The molecule has 3 aromatic carbocycles. The van der Waals surface area contributed by atoms with Crippen LogP contribution in [0.5, 0.6) is 0 Å². The maximum Gasteiger partial charge on any atom is 0.262 e. The van der Waals surface area contributed by atoms with Gasteiger partial charge in [-0.2, -0.15) is 0 Å². The number of para-hydroxylation sites is 1. The molecule has 3 aromatic rings. The Kier molecular flexibility index (Phi) is 6.74. The van der Waals surface area contributed by atoms with E-state index in [2.05, 4.69) is 41.3 Å². The molecule has 0 aliphatic carbocycles. The minimum absolute atomic E-state index is 0.195. The fourth-order valence-corrected chi connectivity index (χ4v) is 4.49. The first-order valence-corrected chi connectivity index (χ1v) is 11.5. The number of sulfonamides is 1.